The van der Waals surface area contributed by atoms with Gasteiger partial charge in [0.15, 0.2) is 0 Å². The minimum atomic E-state index is -0.917. The predicted molar refractivity (Wildman–Crippen MR) is 90.5 cm³/mol. The van der Waals surface area contributed by atoms with E-state index in [-0.39, 0.29) is 5.41 Å². The third kappa shape index (κ3) is 1.96. The van der Waals surface area contributed by atoms with Gasteiger partial charge in [-0.3, -0.25) is 4.79 Å². The monoisotopic (exact) mass is 312 g/mol. The predicted octanol–water partition coefficient (Wildman–Crippen LogP) is 3.88. The molecule has 2 saturated carbocycles. The van der Waals surface area contributed by atoms with E-state index < -0.39 is 5.60 Å². The minimum absolute atomic E-state index is 0.125. The van der Waals surface area contributed by atoms with E-state index in [0.29, 0.717) is 35.9 Å². The Morgan fingerprint density at radius 2 is 2.04 bits per heavy atom. The van der Waals surface area contributed by atoms with E-state index in [1.54, 1.807) is 5.57 Å². The average molecular weight is 312 g/mol. The number of fused-ring (bicyclic) bond motifs is 4. The number of terminal acetylenes is 1. The quantitative estimate of drug-likeness (QED) is 0.544. The second-order valence-corrected chi connectivity index (χ2v) is 8.82. The minimum Gasteiger partial charge on any atom is -0.377 e. The Morgan fingerprint density at radius 1 is 1.26 bits per heavy atom. The Balaban J connectivity index is 1.72. The first-order valence-electron chi connectivity index (χ1n) is 9.32. The van der Waals surface area contributed by atoms with E-state index in [1.807, 2.05) is 0 Å². The van der Waals surface area contributed by atoms with Crippen molar-refractivity contribution in [2.75, 3.05) is 0 Å². The normalized spacial score (nSPS) is 49.2. The van der Waals surface area contributed by atoms with Crippen molar-refractivity contribution in [1.82, 2.24) is 0 Å². The molecule has 0 amide bonds. The van der Waals surface area contributed by atoms with E-state index in [1.165, 1.54) is 5.57 Å². The summed E-state index contributed by atoms with van der Waals surface area (Å²) in [4.78, 5) is 11.9. The summed E-state index contributed by atoms with van der Waals surface area (Å²) in [6.07, 6.45) is 13.2. The van der Waals surface area contributed by atoms with Crippen LogP contribution in [0.4, 0.5) is 0 Å². The smallest absolute Gasteiger partial charge is 0.137 e. The van der Waals surface area contributed by atoms with Gasteiger partial charge in [-0.25, -0.2) is 0 Å². The molecule has 0 aliphatic heterocycles. The molecule has 2 fully saturated rings. The fraction of sp³-hybridized carbons (Fsp3) is 0.762. The van der Waals surface area contributed by atoms with Crippen molar-refractivity contribution in [2.24, 2.45) is 29.1 Å². The van der Waals surface area contributed by atoms with Gasteiger partial charge in [0.1, 0.15) is 11.4 Å². The SMILES string of the molecule is C#C[C@]1(O)CC[C@@H]2[C@H]3[C@@H](C)CC4=C(CCC(=O)C4)[C@@H]3CC[C@@]21C. The number of hydrogen-bond donors (Lipinski definition) is 1. The lowest BCUT2D eigenvalue weighted by molar-refractivity contribution is -0.119. The van der Waals surface area contributed by atoms with Crippen LogP contribution >= 0.6 is 0 Å². The number of hydrogen-bond acceptors (Lipinski definition) is 2. The molecule has 2 nitrogen and oxygen atoms in total. The highest BCUT2D eigenvalue weighted by molar-refractivity contribution is 5.82. The number of Topliss-reactive ketones (excluding diaryl/α,β-unsaturated/α-hetero) is 1. The van der Waals surface area contributed by atoms with Crippen molar-refractivity contribution >= 4 is 5.78 Å². The fourth-order valence-electron chi connectivity index (χ4n) is 6.72. The molecule has 0 radical (unpaired) electrons. The Morgan fingerprint density at radius 3 is 2.78 bits per heavy atom. The summed E-state index contributed by atoms with van der Waals surface area (Å²) in [5, 5.41) is 11.0. The van der Waals surface area contributed by atoms with E-state index in [9.17, 15) is 9.90 Å². The first kappa shape index (κ1) is 15.5. The maximum atomic E-state index is 11.9. The summed E-state index contributed by atoms with van der Waals surface area (Å²) in [5.74, 6) is 5.60. The van der Waals surface area contributed by atoms with Crippen LogP contribution in [0.1, 0.15) is 65.2 Å². The van der Waals surface area contributed by atoms with Crippen molar-refractivity contribution in [3.8, 4) is 12.3 Å². The van der Waals surface area contributed by atoms with Crippen LogP contribution in [0.2, 0.25) is 0 Å². The molecule has 0 unspecified atom stereocenters. The molecule has 23 heavy (non-hydrogen) atoms. The first-order valence-corrected chi connectivity index (χ1v) is 9.32. The molecule has 4 aliphatic rings. The topological polar surface area (TPSA) is 37.3 Å². The molecule has 0 aromatic carbocycles. The highest BCUT2D eigenvalue weighted by Gasteiger charge is 2.62. The van der Waals surface area contributed by atoms with Crippen molar-refractivity contribution in [2.45, 2.75) is 70.8 Å². The van der Waals surface area contributed by atoms with Crippen LogP contribution in [0.5, 0.6) is 0 Å². The van der Waals surface area contributed by atoms with Crippen LogP contribution in [0, 0.1) is 41.4 Å². The summed E-state index contributed by atoms with van der Waals surface area (Å²) in [6.45, 7) is 4.60. The third-order valence-corrected chi connectivity index (χ3v) is 7.93. The highest BCUT2D eigenvalue weighted by Crippen LogP contribution is 2.65. The van der Waals surface area contributed by atoms with E-state index in [0.717, 1.165) is 44.9 Å². The Hall–Kier alpha value is -1.07. The molecule has 0 spiro atoms. The van der Waals surface area contributed by atoms with Gasteiger partial charge in [0, 0.05) is 18.3 Å². The summed E-state index contributed by atoms with van der Waals surface area (Å²) in [5.41, 5.74) is 2.04. The van der Waals surface area contributed by atoms with Crippen LogP contribution in [-0.2, 0) is 4.79 Å². The highest BCUT2D eigenvalue weighted by atomic mass is 16.3. The van der Waals surface area contributed by atoms with Gasteiger partial charge >= 0.3 is 0 Å². The number of carbonyl (C=O) groups is 1. The Labute approximate surface area is 139 Å². The molecule has 124 valence electrons. The summed E-state index contributed by atoms with van der Waals surface area (Å²) in [7, 11) is 0. The van der Waals surface area contributed by atoms with Crippen LogP contribution in [0.15, 0.2) is 11.1 Å². The molecule has 0 saturated heterocycles. The zero-order valence-corrected chi connectivity index (χ0v) is 14.4. The lowest BCUT2D eigenvalue weighted by atomic mass is 9.50. The van der Waals surface area contributed by atoms with Crippen LogP contribution < -0.4 is 0 Å². The van der Waals surface area contributed by atoms with Gasteiger partial charge in [0.25, 0.3) is 0 Å². The molecule has 4 rings (SSSR count). The van der Waals surface area contributed by atoms with Gasteiger partial charge in [0.05, 0.1) is 0 Å². The van der Waals surface area contributed by atoms with Gasteiger partial charge in [0.2, 0.25) is 0 Å². The number of aliphatic hydroxyl groups is 1. The summed E-state index contributed by atoms with van der Waals surface area (Å²) >= 11 is 0. The number of rotatable bonds is 0. The molecule has 0 bridgehead atoms. The number of ketones is 1. The average Bonchev–Trinajstić information content (AvgIpc) is 2.79. The van der Waals surface area contributed by atoms with Crippen molar-refractivity contribution in [1.29, 1.82) is 0 Å². The second-order valence-electron chi connectivity index (χ2n) is 8.82. The van der Waals surface area contributed by atoms with Crippen molar-refractivity contribution in [3.05, 3.63) is 11.1 Å². The lowest BCUT2D eigenvalue weighted by Crippen LogP contribution is -2.52. The lowest BCUT2D eigenvalue weighted by Gasteiger charge is -2.55. The Kier molecular flexibility index (Phi) is 3.34. The van der Waals surface area contributed by atoms with Gasteiger partial charge < -0.3 is 5.11 Å². The molecule has 2 heteroatoms. The molecule has 0 aromatic rings. The molecule has 4 aliphatic carbocycles. The van der Waals surface area contributed by atoms with Crippen molar-refractivity contribution in [3.63, 3.8) is 0 Å². The summed E-state index contributed by atoms with van der Waals surface area (Å²) in [6, 6.07) is 0. The maximum absolute atomic E-state index is 11.9. The third-order valence-electron chi connectivity index (χ3n) is 7.93. The van der Waals surface area contributed by atoms with Gasteiger partial charge in [-0.1, -0.05) is 30.9 Å². The molecule has 1 N–H and O–H groups in total. The first-order chi connectivity index (χ1) is 10.9. The van der Waals surface area contributed by atoms with Gasteiger partial charge in [-0.15, -0.1) is 6.42 Å². The van der Waals surface area contributed by atoms with E-state index >= 15 is 0 Å². The molecule has 0 aromatic heterocycles. The zero-order valence-electron chi connectivity index (χ0n) is 14.4. The van der Waals surface area contributed by atoms with E-state index in [4.69, 9.17) is 6.42 Å². The second kappa shape index (κ2) is 4.96. The zero-order chi connectivity index (χ0) is 16.4. The largest absolute Gasteiger partial charge is 0.377 e. The molecule has 0 heterocycles. The number of carbonyl (C=O) groups excluding carboxylic acids is 1. The molecule has 6 atom stereocenters. The fourth-order valence-corrected chi connectivity index (χ4v) is 6.72. The van der Waals surface area contributed by atoms with Crippen LogP contribution in [0.25, 0.3) is 0 Å². The van der Waals surface area contributed by atoms with Crippen LogP contribution in [0.3, 0.4) is 0 Å². The van der Waals surface area contributed by atoms with Gasteiger partial charge in [-0.05, 0) is 62.2 Å². The Bertz CT molecular complexity index is 624. The molecular weight excluding hydrogens is 284 g/mol. The van der Waals surface area contributed by atoms with Crippen molar-refractivity contribution < 1.29 is 9.90 Å². The maximum Gasteiger partial charge on any atom is 0.137 e. The summed E-state index contributed by atoms with van der Waals surface area (Å²) < 4.78 is 0. The van der Waals surface area contributed by atoms with Crippen LogP contribution in [-0.4, -0.2) is 16.5 Å². The number of allylic oxidation sites excluding steroid dienone is 2. The van der Waals surface area contributed by atoms with E-state index in [2.05, 4.69) is 19.8 Å². The standard InChI is InChI=1S/C21H28O2/c1-4-21(23)10-8-18-19-13(2)11-14-12-15(22)5-6-16(14)17(19)7-9-20(18,21)3/h1,13,17-19,23H,5-12H2,2-3H3/t13-,17-,18+,19-,20-,21-/m0/s1. The molecular formula is C21H28O2. The van der Waals surface area contributed by atoms with Gasteiger partial charge in [-0.2, -0.15) is 0 Å².